The van der Waals surface area contributed by atoms with Crippen molar-refractivity contribution in [3.8, 4) is 0 Å². The standard InChI is InChI=1S/C10H17N3O6.Ba.2H/c11-10(12)13-3-1-2-6(14)8(17)5(9(18)19)4-7(15)16;;;/h5-6,14H,1-4H2,(H,15,16)(H,18,19)(H4,11,12,13);;;. The molecule has 9 nitrogen and oxygen atoms in total. The van der Waals surface area contributed by atoms with Gasteiger partial charge in [0.15, 0.2) is 11.7 Å². The molecule has 0 spiro atoms. The van der Waals surface area contributed by atoms with Crippen molar-refractivity contribution in [2.24, 2.45) is 11.7 Å². The van der Waals surface area contributed by atoms with Crippen LogP contribution in [0.4, 0.5) is 0 Å². The van der Waals surface area contributed by atoms with Crippen LogP contribution < -0.4 is 11.1 Å². The first-order chi connectivity index (χ1) is 8.75. The van der Waals surface area contributed by atoms with Gasteiger partial charge in [-0.15, -0.1) is 0 Å². The van der Waals surface area contributed by atoms with Crippen LogP contribution >= 0.6 is 0 Å². The molecule has 0 aromatic heterocycles. The normalized spacial score (nSPS) is 12.7. The molecule has 112 valence electrons. The fourth-order valence-electron chi connectivity index (χ4n) is 1.38. The topological polar surface area (TPSA) is 174 Å². The Morgan fingerprint density at radius 2 is 1.80 bits per heavy atom. The summed E-state index contributed by atoms with van der Waals surface area (Å²) in [5.74, 6) is -6.04. The molecule has 0 aliphatic carbocycles. The average Bonchev–Trinajstić information content (AvgIpc) is 2.29. The number of hydrogen-bond acceptors (Lipinski definition) is 5. The number of guanidine groups is 1. The minimum atomic E-state index is -1.76. The molecule has 0 saturated carbocycles. The van der Waals surface area contributed by atoms with Gasteiger partial charge in [0, 0.05) is 6.54 Å². The van der Waals surface area contributed by atoms with Crippen molar-refractivity contribution in [2.45, 2.75) is 25.4 Å². The maximum absolute atomic E-state index is 11.6. The second-order valence-electron chi connectivity index (χ2n) is 3.89. The fraction of sp³-hybridized carbons (Fsp3) is 0.600. The van der Waals surface area contributed by atoms with Crippen molar-refractivity contribution in [1.82, 2.24) is 5.32 Å². The Labute approximate surface area is 155 Å². The number of aliphatic carboxylic acids is 2. The molecule has 0 aromatic carbocycles. The SMILES string of the molecule is N=C(N)NCCCC(O)C(=O)C(CC(=O)O)C(=O)O.[BaH2]. The van der Waals surface area contributed by atoms with Crippen LogP contribution in [0.1, 0.15) is 19.3 Å². The number of nitrogens with one attached hydrogen (secondary N) is 2. The van der Waals surface area contributed by atoms with E-state index in [0.29, 0.717) is 0 Å². The zero-order valence-electron chi connectivity index (χ0n) is 10.1. The van der Waals surface area contributed by atoms with Crippen LogP contribution in [0.2, 0.25) is 0 Å². The molecule has 0 fully saturated rings. The van der Waals surface area contributed by atoms with Gasteiger partial charge in [-0.3, -0.25) is 19.8 Å². The number of Topliss-reactive ketones (excluding diaryl/α,β-unsaturated/α-hetero) is 1. The van der Waals surface area contributed by atoms with Gasteiger partial charge in [-0.05, 0) is 12.8 Å². The maximum atomic E-state index is 11.6. The van der Waals surface area contributed by atoms with E-state index in [4.69, 9.17) is 21.4 Å². The first kappa shape index (κ1) is 21.7. The Hall–Kier alpha value is -0.589. The first-order valence-electron chi connectivity index (χ1n) is 5.50. The van der Waals surface area contributed by atoms with Crippen molar-refractivity contribution in [1.29, 1.82) is 5.41 Å². The fourth-order valence-corrected chi connectivity index (χ4v) is 1.38. The summed E-state index contributed by atoms with van der Waals surface area (Å²) >= 11 is 0. The van der Waals surface area contributed by atoms with E-state index < -0.39 is 36.2 Å². The monoisotopic (exact) mass is 415 g/mol. The summed E-state index contributed by atoms with van der Waals surface area (Å²) in [7, 11) is 0. The van der Waals surface area contributed by atoms with Gasteiger partial charge in [0.2, 0.25) is 0 Å². The van der Waals surface area contributed by atoms with Crippen molar-refractivity contribution < 1.29 is 29.7 Å². The molecular formula is C10H19BaN3O6. The van der Waals surface area contributed by atoms with Gasteiger partial charge >= 0.3 is 60.8 Å². The Bertz CT molecular complexity index is 376. The third kappa shape index (κ3) is 9.34. The summed E-state index contributed by atoms with van der Waals surface area (Å²) in [5.41, 5.74) is 5.01. The molecule has 0 aliphatic heterocycles. The Morgan fingerprint density at radius 3 is 2.20 bits per heavy atom. The van der Waals surface area contributed by atoms with E-state index in [0.717, 1.165) is 0 Å². The molecule has 10 heteroatoms. The van der Waals surface area contributed by atoms with Crippen molar-refractivity contribution in [2.75, 3.05) is 6.54 Å². The molecule has 0 saturated heterocycles. The number of carbonyl (C=O) groups excluding carboxylic acids is 1. The van der Waals surface area contributed by atoms with Gasteiger partial charge in [0.25, 0.3) is 0 Å². The van der Waals surface area contributed by atoms with Crippen LogP contribution in [0.5, 0.6) is 0 Å². The number of aliphatic hydroxyl groups excluding tert-OH is 1. The van der Waals surface area contributed by atoms with Crippen molar-refractivity contribution >= 4 is 72.6 Å². The number of carbonyl (C=O) groups is 3. The number of rotatable bonds is 9. The number of carboxylic acids is 2. The zero-order valence-corrected chi connectivity index (χ0v) is 10.1. The molecule has 0 aromatic rings. The molecule has 20 heavy (non-hydrogen) atoms. The van der Waals surface area contributed by atoms with Gasteiger partial charge < -0.3 is 26.4 Å². The van der Waals surface area contributed by atoms with E-state index in [9.17, 15) is 19.5 Å². The van der Waals surface area contributed by atoms with Crippen LogP contribution in [0.3, 0.4) is 0 Å². The number of aliphatic hydroxyl groups is 1. The Morgan fingerprint density at radius 1 is 1.25 bits per heavy atom. The second kappa shape index (κ2) is 11.1. The molecule has 0 rings (SSSR count). The summed E-state index contributed by atoms with van der Waals surface area (Å²) in [5, 5.41) is 36.0. The molecule has 0 bridgehead atoms. The zero-order chi connectivity index (χ0) is 15.0. The molecular weight excluding hydrogens is 395 g/mol. The molecule has 0 aliphatic rings. The summed E-state index contributed by atoms with van der Waals surface area (Å²) in [4.78, 5) is 32.7. The van der Waals surface area contributed by atoms with Crippen molar-refractivity contribution in [3.63, 3.8) is 0 Å². The van der Waals surface area contributed by atoms with Gasteiger partial charge in [-0.1, -0.05) is 0 Å². The molecule has 0 amide bonds. The van der Waals surface area contributed by atoms with E-state index >= 15 is 0 Å². The van der Waals surface area contributed by atoms with Crippen LogP contribution in [0.25, 0.3) is 0 Å². The van der Waals surface area contributed by atoms with Crippen LogP contribution in [-0.2, 0) is 14.4 Å². The average molecular weight is 415 g/mol. The van der Waals surface area contributed by atoms with Gasteiger partial charge in [0.05, 0.1) is 6.42 Å². The summed E-state index contributed by atoms with van der Waals surface area (Å²) in [6, 6.07) is 0. The van der Waals surface area contributed by atoms with E-state index in [1.54, 1.807) is 0 Å². The summed E-state index contributed by atoms with van der Waals surface area (Å²) in [6.45, 7) is 0.246. The number of ketones is 1. The molecule has 0 radical (unpaired) electrons. The van der Waals surface area contributed by atoms with E-state index in [1.807, 2.05) is 0 Å². The first-order valence-corrected chi connectivity index (χ1v) is 5.50. The quantitative estimate of drug-likeness (QED) is 0.0785. The molecule has 2 unspecified atom stereocenters. The second-order valence-corrected chi connectivity index (χ2v) is 3.89. The molecule has 2 atom stereocenters. The third-order valence-corrected chi connectivity index (χ3v) is 2.32. The number of nitrogens with two attached hydrogens (primary N) is 1. The van der Waals surface area contributed by atoms with E-state index in [-0.39, 0.29) is 74.2 Å². The van der Waals surface area contributed by atoms with E-state index in [1.165, 1.54) is 0 Å². The molecule has 7 N–H and O–H groups in total. The van der Waals surface area contributed by atoms with Crippen LogP contribution in [-0.4, -0.2) is 101 Å². The van der Waals surface area contributed by atoms with Gasteiger partial charge in [-0.2, -0.15) is 0 Å². The molecule has 0 heterocycles. The predicted octanol–water partition coefficient (Wildman–Crippen LogP) is -2.56. The Balaban J connectivity index is 0. The number of carboxylic acid groups (broad SMARTS) is 2. The van der Waals surface area contributed by atoms with Crippen molar-refractivity contribution in [3.05, 3.63) is 0 Å². The van der Waals surface area contributed by atoms with Crippen LogP contribution in [0.15, 0.2) is 0 Å². The van der Waals surface area contributed by atoms with Gasteiger partial charge in [-0.25, -0.2) is 0 Å². The predicted molar refractivity (Wildman–Crippen MR) is 72.1 cm³/mol. The number of hydrogen-bond donors (Lipinski definition) is 6. The summed E-state index contributed by atoms with van der Waals surface area (Å²) < 4.78 is 0. The third-order valence-electron chi connectivity index (χ3n) is 2.32. The summed E-state index contributed by atoms with van der Waals surface area (Å²) in [6.07, 6.45) is -2.17. The minimum absolute atomic E-state index is 0. The van der Waals surface area contributed by atoms with Crippen LogP contribution in [0, 0.1) is 11.3 Å². The van der Waals surface area contributed by atoms with Gasteiger partial charge in [0.1, 0.15) is 12.0 Å². The Kier molecular flexibility index (Phi) is 12.1. The van der Waals surface area contributed by atoms with E-state index in [2.05, 4.69) is 5.32 Å².